The summed E-state index contributed by atoms with van der Waals surface area (Å²) in [6.07, 6.45) is 4.89. The van der Waals surface area contributed by atoms with Gasteiger partial charge in [0.1, 0.15) is 0 Å². The first-order valence-corrected chi connectivity index (χ1v) is 21.3. The van der Waals surface area contributed by atoms with Gasteiger partial charge >= 0.3 is 0 Å². The fourth-order valence-electron chi connectivity index (χ4n) is 10.6. The van der Waals surface area contributed by atoms with E-state index in [-0.39, 0.29) is 0 Å². The normalized spacial score (nSPS) is 14.4. The van der Waals surface area contributed by atoms with Gasteiger partial charge < -0.3 is 0 Å². The van der Waals surface area contributed by atoms with Crippen molar-refractivity contribution < 1.29 is 0 Å². The molecule has 286 valence electrons. The topological polar surface area (TPSA) is 0 Å². The molecule has 60 heavy (non-hydrogen) atoms. The van der Waals surface area contributed by atoms with E-state index < -0.39 is 0 Å². The molecule has 9 aromatic carbocycles. The predicted molar refractivity (Wildman–Crippen MR) is 258 cm³/mol. The summed E-state index contributed by atoms with van der Waals surface area (Å²) in [6.45, 7) is 13.6. The van der Waals surface area contributed by atoms with E-state index in [9.17, 15) is 0 Å². The Morgan fingerprint density at radius 1 is 0.267 bits per heavy atom. The van der Waals surface area contributed by atoms with Gasteiger partial charge in [-0.3, -0.25) is 0 Å². The van der Waals surface area contributed by atoms with Gasteiger partial charge in [0.15, 0.2) is 0 Å². The van der Waals surface area contributed by atoms with Crippen LogP contribution in [0.15, 0.2) is 170 Å². The maximum Gasteiger partial charge on any atom is -0.000753 e. The van der Waals surface area contributed by atoms with Crippen LogP contribution in [-0.2, 0) is 0 Å². The molecular weight excluding hydrogens is 721 g/mol. The van der Waals surface area contributed by atoms with E-state index in [4.69, 9.17) is 0 Å². The zero-order valence-corrected chi connectivity index (χ0v) is 35.2. The lowest BCUT2D eigenvalue weighted by molar-refractivity contribution is 1.42. The molecule has 0 aromatic heterocycles. The fraction of sp³-hybridized carbons (Fsp3) is 0.100. The summed E-state index contributed by atoms with van der Waals surface area (Å²) in [5.41, 5.74) is 28.3. The van der Waals surface area contributed by atoms with Crippen LogP contribution in [0.3, 0.4) is 0 Å². The lowest BCUT2D eigenvalue weighted by atomic mass is 9.77. The molecule has 11 rings (SSSR count). The van der Waals surface area contributed by atoms with E-state index in [1.54, 1.807) is 0 Å². The Morgan fingerprint density at radius 2 is 0.633 bits per heavy atom. The number of hydrogen-bond acceptors (Lipinski definition) is 0. The lowest BCUT2D eigenvalue weighted by Crippen LogP contribution is -2.01. The molecule has 2 aliphatic rings. The van der Waals surface area contributed by atoms with Gasteiger partial charge in [0.05, 0.1) is 0 Å². The van der Waals surface area contributed by atoms with Gasteiger partial charge in [0.2, 0.25) is 0 Å². The molecule has 0 aliphatic heterocycles. The van der Waals surface area contributed by atoms with Crippen molar-refractivity contribution in [3.63, 3.8) is 0 Å². The molecular formula is C60H46. The van der Waals surface area contributed by atoms with Crippen molar-refractivity contribution >= 4 is 32.7 Å². The van der Waals surface area contributed by atoms with Gasteiger partial charge in [-0.05, 0) is 163 Å². The van der Waals surface area contributed by atoms with E-state index in [0.29, 0.717) is 0 Å². The summed E-state index contributed by atoms with van der Waals surface area (Å²) in [4.78, 5) is 0. The summed E-state index contributed by atoms with van der Waals surface area (Å²) >= 11 is 0. The van der Waals surface area contributed by atoms with Crippen LogP contribution >= 0.6 is 0 Å². The molecule has 0 spiro atoms. The average Bonchev–Trinajstić information content (AvgIpc) is 3.58. The van der Waals surface area contributed by atoms with Crippen LogP contribution in [0.5, 0.6) is 0 Å². The molecule has 0 fully saturated rings. The number of rotatable bonds is 4. The SMILES string of the molecule is C/C1=C\C=C2/c3c(ccc(c3C)-c3c1c(-c1cccc(C)c1)c1ccccc1c3-c1cccc(C)c1)-c1c2c(-c2cccc(C)c2)c2ccccc2c1-c1cccc(C)c1. The van der Waals surface area contributed by atoms with E-state index >= 15 is 0 Å². The van der Waals surface area contributed by atoms with Gasteiger partial charge in [-0.15, -0.1) is 0 Å². The molecule has 0 nitrogen and oxygen atoms in total. The van der Waals surface area contributed by atoms with Crippen molar-refractivity contribution in [2.24, 2.45) is 0 Å². The first-order valence-electron chi connectivity index (χ1n) is 21.3. The molecule has 0 radical (unpaired) electrons. The third-order valence-corrected chi connectivity index (χ3v) is 13.1. The van der Waals surface area contributed by atoms with Crippen LogP contribution in [-0.4, -0.2) is 0 Å². The largest absolute Gasteiger partial charge is 0.0616 e. The number of hydrogen-bond donors (Lipinski definition) is 0. The number of allylic oxidation sites excluding steroid dienone is 3. The Kier molecular flexibility index (Phi) is 8.29. The van der Waals surface area contributed by atoms with Crippen molar-refractivity contribution in [2.45, 2.75) is 41.5 Å². The highest BCUT2D eigenvalue weighted by molar-refractivity contribution is 6.23. The van der Waals surface area contributed by atoms with Crippen LogP contribution in [0.2, 0.25) is 0 Å². The Balaban J connectivity index is 1.34. The molecule has 9 aromatic rings. The highest BCUT2D eigenvalue weighted by Crippen LogP contribution is 2.59. The maximum atomic E-state index is 2.46. The van der Waals surface area contributed by atoms with Crippen LogP contribution < -0.4 is 0 Å². The van der Waals surface area contributed by atoms with Gasteiger partial charge in [-0.25, -0.2) is 0 Å². The van der Waals surface area contributed by atoms with E-state index in [2.05, 4.69) is 211 Å². The van der Waals surface area contributed by atoms with Crippen LogP contribution in [0.4, 0.5) is 0 Å². The van der Waals surface area contributed by atoms with Crippen molar-refractivity contribution in [1.82, 2.24) is 0 Å². The molecule has 2 bridgehead atoms. The average molecular weight is 767 g/mol. The molecule has 0 amide bonds. The van der Waals surface area contributed by atoms with Gasteiger partial charge in [0, 0.05) is 0 Å². The van der Waals surface area contributed by atoms with Crippen molar-refractivity contribution in [3.8, 4) is 66.8 Å². The molecule has 0 unspecified atom stereocenters. The van der Waals surface area contributed by atoms with Crippen molar-refractivity contribution in [2.75, 3.05) is 0 Å². The summed E-state index contributed by atoms with van der Waals surface area (Å²) < 4.78 is 0. The molecule has 0 atom stereocenters. The second kappa shape index (κ2) is 13.8. The highest BCUT2D eigenvalue weighted by atomic mass is 14.4. The van der Waals surface area contributed by atoms with Crippen LogP contribution in [0.25, 0.3) is 99.5 Å². The summed E-state index contributed by atoms with van der Waals surface area (Å²) in [7, 11) is 0. The standard InChI is InChI=1S/C60H46/c1-35-15-11-19-41(31-35)54-46-23-7-8-24-47(46)55(42-20-12-16-36(2)32-42)58-45-29-30-51-53(40(45)6)50(28-27-39(5)52(54)58)59-56(43-21-13-17-37(3)33-43)48-25-9-10-26-49(48)57(60(51)59)44-22-14-18-38(4)34-44/h7-34H,1-6H3/b28-27?,39-27+,50-28+,52-39?,58-45?. The molecule has 0 heteroatoms. The second-order valence-electron chi connectivity index (χ2n) is 17.2. The molecule has 2 aliphatic carbocycles. The lowest BCUT2D eigenvalue weighted by Gasteiger charge is -2.26. The summed E-state index contributed by atoms with van der Waals surface area (Å²) in [5.74, 6) is 0. The van der Waals surface area contributed by atoms with Gasteiger partial charge in [-0.2, -0.15) is 0 Å². The minimum absolute atomic E-state index is 1.25. The minimum Gasteiger partial charge on any atom is -0.0616 e. The Morgan fingerprint density at radius 3 is 1.05 bits per heavy atom. The minimum atomic E-state index is 1.25. The monoisotopic (exact) mass is 766 g/mol. The summed E-state index contributed by atoms with van der Waals surface area (Å²) in [6, 6.07) is 59.5. The molecule has 0 saturated carbocycles. The first-order chi connectivity index (χ1) is 29.3. The molecule has 0 saturated heterocycles. The maximum absolute atomic E-state index is 2.46. The van der Waals surface area contributed by atoms with E-state index in [0.717, 1.165) is 0 Å². The van der Waals surface area contributed by atoms with Crippen molar-refractivity contribution in [1.29, 1.82) is 0 Å². The zero-order valence-electron chi connectivity index (χ0n) is 35.2. The number of fused-ring (bicyclic) bond motifs is 8. The third kappa shape index (κ3) is 5.44. The Bertz CT molecular complexity index is 3360. The Hall–Kier alpha value is -7.02. The molecule has 0 N–H and O–H groups in total. The smallest absolute Gasteiger partial charge is 0.000753 e. The quantitative estimate of drug-likeness (QED) is 0.167. The Labute approximate surface area is 353 Å². The van der Waals surface area contributed by atoms with Crippen LogP contribution in [0, 0.1) is 34.6 Å². The molecule has 0 heterocycles. The van der Waals surface area contributed by atoms with Gasteiger partial charge in [0.25, 0.3) is 0 Å². The predicted octanol–water partition coefficient (Wildman–Crippen LogP) is 16.7. The number of benzene rings is 9. The van der Waals surface area contributed by atoms with Crippen LogP contribution in [0.1, 0.15) is 51.4 Å². The summed E-state index contributed by atoms with van der Waals surface area (Å²) in [5, 5.41) is 5.12. The van der Waals surface area contributed by atoms with Gasteiger partial charge in [-0.1, -0.05) is 192 Å². The second-order valence-corrected chi connectivity index (χ2v) is 17.2. The van der Waals surface area contributed by atoms with Crippen molar-refractivity contribution in [3.05, 3.63) is 214 Å². The highest BCUT2D eigenvalue weighted by Gasteiger charge is 2.35. The fourth-order valence-corrected chi connectivity index (χ4v) is 10.6. The van der Waals surface area contributed by atoms with E-state index in [1.165, 1.54) is 144 Å². The zero-order chi connectivity index (χ0) is 40.8. The first kappa shape index (κ1) is 36.1. The number of aryl methyl sites for hydroxylation is 4. The third-order valence-electron chi connectivity index (χ3n) is 13.1. The van der Waals surface area contributed by atoms with E-state index in [1.807, 2.05) is 0 Å².